The molecule has 0 saturated heterocycles. The second kappa shape index (κ2) is 7.07. The van der Waals surface area contributed by atoms with Gasteiger partial charge in [-0.05, 0) is 48.9 Å². The van der Waals surface area contributed by atoms with E-state index in [2.05, 4.69) is 10.3 Å². The number of halogens is 1. The van der Waals surface area contributed by atoms with Gasteiger partial charge in [-0.15, -0.1) is 0 Å². The van der Waals surface area contributed by atoms with E-state index in [4.69, 9.17) is 21.1 Å². The van der Waals surface area contributed by atoms with Gasteiger partial charge in [0.15, 0.2) is 11.7 Å². The largest absolute Gasteiger partial charge is 0.497 e. The number of rotatable bonds is 5. The first-order valence-corrected chi connectivity index (χ1v) is 8.38. The van der Waals surface area contributed by atoms with Crippen LogP contribution in [0.1, 0.15) is 5.56 Å². The molecule has 3 rings (SSSR count). The second-order valence-corrected chi connectivity index (χ2v) is 6.49. The van der Waals surface area contributed by atoms with Crippen LogP contribution in [0.5, 0.6) is 11.5 Å². The first-order valence-electron chi connectivity index (χ1n) is 7.19. The van der Waals surface area contributed by atoms with Crippen molar-refractivity contribution < 1.29 is 14.3 Å². The van der Waals surface area contributed by atoms with Crippen molar-refractivity contribution in [2.45, 2.75) is 6.92 Å². The zero-order valence-corrected chi connectivity index (χ0v) is 14.7. The summed E-state index contributed by atoms with van der Waals surface area (Å²) >= 11 is 7.49. The van der Waals surface area contributed by atoms with Gasteiger partial charge in [0.25, 0.3) is 5.91 Å². The van der Waals surface area contributed by atoms with Gasteiger partial charge in [-0.3, -0.25) is 10.1 Å². The van der Waals surface area contributed by atoms with Crippen molar-refractivity contribution in [3.8, 4) is 11.5 Å². The molecule has 1 amide bonds. The Labute approximate surface area is 148 Å². The normalized spacial score (nSPS) is 10.6. The van der Waals surface area contributed by atoms with E-state index in [0.717, 1.165) is 21.5 Å². The zero-order valence-electron chi connectivity index (χ0n) is 13.1. The predicted octanol–water partition coefficient (Wildman–Crippen LogP) is 4.28. The molecule has 124 valence electrons. The molecule has 0 bridgehead atoms. The quantitative estimate of drug-likeness (QED) is 0.735. The minimum Gasteiger partial charge on any atom is -0.497 e. The van der Waals surface area contributed by atoms with Gasteiger partial charge in [0, 0.05) is 5.02 Å². The summed E-state index contributed by atoms with van der Waals surface area (Å²) in [5.74, 6) is 1.06. The number of benzene rings is 2. The highest BCUT2D eigenvalue weighted by molar-refractivity contribution is 7.22. The third-order valence-electron chi connectivity index (χ3n) is 3.42. The van der Waals surface area contributed by atoms with Gasteiger partial charge in [0.2, 0.25) is 0 Å². The van der Waals surface area contributed by atoms with Gasteiger partial charge >= 0.3 is 0 Å². The average Bonchev–Trinajstić information content (AvgIpc) is 3.00. The van der Waals surface area contributed by atoms with Gasteiger partial charge in [-0.2, -0.15) is 0 Å². The summed E-state index contributed by atoms with van der Waals surface area (Å²) in [7, 11) is 1.59. The zero-order chi connectivity index (χ0) is 17.1. The first kappa shape index (κ1) is 16.5. The van der Waals surface area contributed by atoms with E-state index >= 15 is 0 Å². The number of aryl methyl sites for hydroxylation is 1. The molecule has 0 aliphatic heterocycles. The summed E-state index contributed by atoms with van der Waals surface area (Å²) in [6.45, 7) is 1.81. The van der Waals surface area contributed by atoms with E-state index < -0.39 is 0 Å². The topological polar surface area (TPSA) is 60.5 Å². The van der Waals surface area contributed by atoms with Crippen LogP contribution < -0.4 is 14.8 Å². The number of fused-ring (bicyclic) bond motifs is 1. The molecule has 1 aromatic heterocycles. The van der Waals surface area contributed by atoms with E-state index in [1.54, 1.807) is 31.4 Å². The molecule has 24 heavy (non-hydrogen) atoms. The van der Waals surface area contributed by atoms with Crippen molar-refractivity contribution in [2.75, 3.05) is 19.0 Å². The van der Waals surface area contributed by atoms with Crippen LogP contribution >= 0.6 is 22.9 Å². The molecule has 7 heteroatoms. The molecule has 1 heterocycles. The van der Waals surface area contributed by atoms with Crippen LogP contribution in [0.4, 0.5) is 5.13 Å². The van der Waals surface area contributed by atoms with Crippen LogP contribution in [0, 0.1) is 6.92 Å². The Kier molecular flexibility index (Phi) is 4.87. The SMILES string of the molecule is COc1ccc(OCC(=O)Nc2nc3c(C)c(Cl)ccc3s2)cc1. The number of ether oxygens (including phenoxy) is 2. The fourth-order valence-electron chi connectivity index (χ4n) is 2.13. The van der Waals surface area contributed by atoms with Crippen LogP contribution in [0.15, 0.2) is 36.4 Å². The first-order chi connectivity index (χ1) is 11.6. The molecule has 1 N–H and O–H groups in total. The summed E-state index contributed by atoms with van der Waals surface area (Å²) in [5.41, 5.74) is 1.71. The Hall–Kier alpha value is -2.31. The summed E-state index contributed by atoms with van der Waals surface area (Å²) < 4.78 is 11.5. The Balaban J connectivity index is 1.63. The number of carbonyl (C=O) groups is 1. The average molecular weight is 363 g/mol. The Morgan fingerprint density at radius 3 is 2.62 bits per heavy atom. The molecule has 0 spiro atoms. The lowest BCUT2D eigenvalue weighted by atomic mass is 10.2. The fraction of sp³-hybridized carbons (Fsp3) is 0.176. The van der Waals surface area contributed by atoms with Crippen LogP contribution in [0.25, 0.3) is 10.2 Å². The highest BCUT2D eigenvalue weighted by atomic mass is 35.5. The summed E-state index contributed by atoms with van der Waals surface area (Å²) in [6, 6.07) is 10.8. The molecule has 0 atom stereocenters. The third kappa shape index (κ3) is 3.60. The van der Waals surface area contributed by atoms with E-state index in [0.29, 0.717) is 15.9 Å². The molecule has 0 fully saturated rings. The van der Waals surface area contributed by atoms with Crippen molar-refractivity contribution in [1.82, 2.24) is 4.98 Å². The van der Waals surface area contributed by atoms with Gasteiger partial charge in [-0.25, -0.2) is 4.98 Å². The van der Waals surface area contributed by atoms with Crippen LogP contribution in [-0.4, -0.2) is 24.6 Å². The monoisotopic (exact) mass is 362 g/mol. The van der Waals surface area contributed by atoms with Crippen molar-refractivity contribution >= 4 is 44.2 Å². The molecule has 2 aromatic carbocycles. The maximum atomic E-state index is 12.0. The highest BCUT2D eigenvalue weighted by Crippen LogP contribution is 2.31. The van der Waals surface area contributed by atoms with Crippen LogP contribution in [-0.2, 0) is 4.79 Å². The number of carbonyl (C=O) groups excluding carboxylic acids is 1. The Bertz CT molecular complexity index is 877. The molecule has 0 radical (unpaired) electrons. The number of nitrogens with one attached hydrogen (secondary N) is 1. The van der Waals surface area contributed by atoms with Gasteiger partial charge in [0.05, 0.1) is 17.3 Å². The van der Waals surface area contributed by atoms with Crippen molar-refractivity contribution in [3.05, 3.63) is 47.0 Å². The molecule has 5 nitrogen and oxygen atoms in total. The molecule has 0 unspecified atom stereocenters. The standard InChI is InChI=1S/C17H15ClN2O3S/c1-10-13(18)7-8-14-16(10)20-17(24-14)19-15(21)9-23-12-5-3-11(22-2)4-6-12/h3-8H,9H2,1-2H3,(H,19,20,21). The lowest BCUT2D eigenvalue weighted by molar-refractivity contribution is -0.118. The molecule has 0 saturated carbocycles. The van der Waals surface area contributed by atoms with Gasteiger partial charge < -0.3 is 9.47 Å². The summed E-state index contributed by atoms with van der Waals surface area (Å²) in [5, 5.41) is 3.93. The molecule has 0 aliphatic carbocycles. The lowest BCUT2D eigenvalue weighted by Crippen LogP contribution is -2.19. The van der Waals surface area contributed by atoms with E-state index in [9.17, 15) is 4.79 Å². The van der Waals surface area contributed by atoms with Crippen LogP contribution in [0.3, 0.4) is 0 Å². The maximum Gasteiger partial charge on any atom is 0.264 e. The summed E-state index contributed by atoms with van der Waals surface area (Å²) in [6.07, 6.45) is 0. The highest BCUT2D eigenvalue weighted by Gasteiger charge is 2.11. The lowest BCUT2D eigenvalue weighted by Gasteiger charge is -2.06. The fourth-order valence-corrected chi connectivity index (χ4v) is 3.22. The number of hydrogen-bond donors (Lipinski definition) is 1. The number of aromatic nitrogens is 1. The van der Waals surface area contributed by atoms with E-state index in [-0.39, 0.29) is 12.5 Å². The predicted molar refractivity (Wildman–Crippen MR) is 96.5 cm³/mol. The van der Waals surface area contributed by atoms with Gasteiger partial charge in [-0.1, -0.05) is 22.9 Å². The van der Waals surface area contributed by atoms with E-state index in [1.165, 1.54) is 11.3 Å². The number of thiazole rings is 1. The van der Waals surface area contributed by atoms with Crippen molar-refractivity contribution in [2.24, 2.45) is 0 Å². The van der Waals surface area contributed by atoms with Crippen LogP contribution in [0.2, 0.25) is 5.02 Å². The molecule has 0 aliphatic rings. The van der Waals surface area contributed by atoms with Crippen molar-refractivity contribution in [3.63, 3.8) is 0 Å². The Morgan fingerprint density at radius 1 is 1.21 bits per heavy atom. The number of nitrogens with zero attached hydrogens (tertiary/aromatic N) is 1. The van der Waals surface area contributed by atoms with E-state index in [1.807, 2.05) is 19.1 Å². The number of hydrogen-bond acceptors (Lipinski definition) is 5. The molecular weight excluding hydrogens is 348 g/mol. The molecule has 3 aromatic rings. The van der Waals surface area contributed by atoms with Gasteiger partial charge in [0.1, 0.15) is 11.5 Å². The second-order valence-electron chi connectivity index (χ2n) is 5.05. The Morgan fingerprint density at radius 2 is 1.92 bits per heavy atom. The molecular formula is C17H15ClN2O3S. The third-order valence-corrected chi connectivity index (χ3v) is 4.77. The number of amides is 1. The maximum absolute atomic E-state index is 12.0. The minimum atomic E-state index is -0.270. The number of anilines is 1. The smallest absolute Gasteiger partial charge is 0.264 e. The minimum absolute atomic E-state index is 0.0952. The number of methoxy groups -OCH3 is 1. The van der Waals surface area contributed by atoms with Crippen molar-refractivity contribution in [1.29, 1.82) is 0 Å². The summed E-state index contributed by atoms with van der Waals surface area (Å²) in [4.78, 5) is 16.4.